The molecule has 13 heavy (non-hydrogen) atoms. The van der Waals surface area contributed by atoms with E-state index in [-0.39, 0.29) is 40.0 Å². The normalized spacial score (nSPS) is 8.08. The quantitative estimate of drug-likeness (QED) is 0.391. The molecular formula is C10H13BrMgO. The van der Waals surface area contributed by atoms with E-state index in [1.54, 1.807) is 0 Å². The molecule has 0 saturated heterocycles. The second-order valence-electron chi connectivity index (χ2n) is 2.44. The summed E-state index contributed by atoms with van der Waals surface area (Å²) in [4.78, 5) is 0. The Labute approximate surface area is 107 Å². The molecular weight excluding hydrogens is 240 g/mol. The van der Waals surface area contributed by atoms with Gasteiger partial charge in [-0.2, -0.15) is 18.2 Å². The van der Waals surface area contributed by atoms with E-state index in [0.29, 0.717) is 0 Å². The minimum absolute atomic E-state index is 0. The molecule has 0 bridgehead atoms. The molecule has 0 radical (unpaired) electrons. The van der Waals surface area contributed by atoms with Gasteiger partial charge in [0.2, 0.25) is 0 Å². The van der Waals surface area contributed by atoms with Gasteiger partial charge in [-0.25, -0.2) is 0 Å². The number of unbranched alkanes of at least 4 members (excludes halogenated alkanes) is 1. The van der Waals surface area contributed by atoms with Gasteiger partial charge in [0.15, 0.2) is 0 Å². The van der Waals surface area contributed by atoms with Gasteiger partial charge in [0.1, 0.15) is 0 Å². The molecule has 68 valence electrons. The molecule has 0 heterocycles. The molecule has 0 fully saturated rings. The summed E-state index contributed by atoms with van der Waals surface area (Å²) in [6.45, 7) is 2.97. The summed E-state index contributed by atoms with van der Waals surface area (Å²) in [7, 11) is 0. The molecule has 3 heteroatoms. The van der Waals surface area contributed by atoms with E-state index >= 15 is 0 Å². The summed E-state index contributed by atoms with van der Waals surface area (Å²) in [5.74, 6) is 0.918. The maximum absolute atomic E-state index is 5.42. The second kappa shape index (κ2) is 10.3. The van der Waals surface area contributed by atoms with Crippen molar-refractivity contribution in [3.63, 3.8) is 0 Å². The Kier molecular flexibility index (Phi) is 12.5. The Morgan fingerprint density at radius 3 is 2.77 bits per heavy atom. The molecule has 0 saturated carbocycles. The fourth-order valence-corrected chi connectivity index (χ4v) is 0.801. The smallest absolute Gasteiger partial charge is 1.00 e. The second-order valence-corrected chi connectivity index (χ2v) is 2.44. The first-order valence-corrected chi connectivity index (χ1v) is 4.02. The van der Waals surface area contributed by atoms with Crippen LogP contribution in [0.1, 0.15) is 19.8 Å². The molecule has 1 aromatic carbocycles. The van der Waals surface area contributed by atoms with Crippen molar-refractivity contribution in [1.29, 1.82) is 0 Å². The Morgan fingerprint density at radius 2 is 2.23 bits per heavy atom. The zero-order valence-corrected chi connectivity index (χ0v) is 10.9. The van der Waals surface area contributed by atoms with Gasteiger partial charge in [0, 0.05) is 5.75 Å². The maximum atomic E-state index is 5.42. The third-order valence-electron chi connectivity index (χ3n) is 1.45. The zero-order valence-electron chi connectivity index (χ0n) is 7.92. The molecule has 0 aliphatic heterocycles. The van der Waals surface area contributed by atoms with Crippen LogP contribution in [-0.4, -0.2) is 29.7 Å². The van der Waals surface area contributed by atoms with Crippen LogP contribution in [0.15, 0.2) is 24.3 Å². The van der Waals surface area contributed by atoms with Gasteiger partial charge >= 0.3 is 23.1 Å². The first-order chi connectivity index (χ1) is 5.43. The molecule has 0 spiro atoms. The molecule has 1 aromatic rings. The molecule has 0 aromatic heterocycles. The van der Waals surface area contributed by atoms with E-state index in [0.717, 1.165) is 18.8 Å². The third kappa shape index (κ3) is 7.35. The van der Waals surface area contributed by atoms with Crippen LogP contribution in [0.2, 0.25) is 0 Å². The van der Waals surface area contributed by atoms with Gasteiger partial charge in [0.25, 0.3) is 0 Å². The van der Waals surface area contributed by atoms with Gasteiger partial charge < -0.3 is 21.7 Å². The number of rotatable bonds is 4. The third-order valence-corrected chi connectivity index (χ3v) is 1.45. The molecule has 0 atom stereocenters. The molecule has 0 aliphatic rings. The predicted molar refractivity (Wildman–Crippen MR) is 51.4 cm³/mol. The number of benzene rings is 1. The van der Waals surface area contributed by atoms with Crippen LogP contribution >= 0.6 is 0 Å². The average molecular weight is 253 g/mol. The first kappa shape index (κ1) is 15.7. The zero-order chi connectivity index (χ0) is 7.94. The number of hydrogen-bond donors (Lipinski definition) is 0. The topological polar surface area (TPSA) is 9.23 Å². The Balaban J connectivity index is 0. The van der Waals surface area contributed by atoms with E-state index in [1.807, 2.05) is 24.3 Å². The molecule has 0 amide bonds. The van der Waals surface area contributed by atoms with Crippen LogP contribution in [0.25, 0.3) is 0 Å². The largest absolute Gasteiger partial charge is 2.00 e. The molecule has 1 nitrogen and oxygen atoms in total. The van der Waals surface area contributed by atoms with Crippen molar-refractivity contribution in [3.05, 3.63) is 30.3 Å². The number of halogens is 1. The van der Waals surface area contributed by atoms with E-state index in [9.17, 15) is 0 Å². The van der Waals surface area contributed by atoms with Crippen LogP contribution in [0, 0.1) is 6.07 Å². The van der Waals surface area contributed by atoms with Gasteiger partial charge in [-0.1, -0.05) is 13.3 Å². The van der Waals surface area contributed by atoms with Gasteiger partial charge in [0.05, 0.1) is 6.61 Å². The standard InChI is InChI=1S/C10H13O.BrH.Mg/c1-2-3-9-11-10-7-5-4-6-8-10;;/h4-5,7-8H,2-3,9H2,1H3;1H;/q-1;;+2/p-1. The van der Waals surface area contributed by atoms with Crippen molar-refractivity contribution in [2.24, 2.45) is 0 Å². The Morgan fingerprint density at radius 1 is 1.46 bits per heavy atom. The first-order valence-electron chi connectivity index (χ1n) is 4.02. The molecule has 0 N–H and O–H groups in total. The summed E-state index contributed by atoms with van der Waals surface area (Å²) < 4.78 is 5.42. The van der Waals surface area contributed by atoms with Crippen LogP contribution in [0.5, 0.6) is 5.75 Å². The van der Waals surface area contributed by atoms with Gasteiger partial charge in [-0.15, -0.1) is 12.1 Å². The minimum Gasteiger partial charge on any atom is -1.00 e. The summed E-state index contributed by atoms with van der Waals surface area (Å²) in [5, 5.41) is 0. The van der Waals surface area contributed by atoms with E-state index in [2.05, 4.69) is 13.0 Å². The molecule has 0 aliphatic carbocycles. The van der Waals surface area contributed by atoms with Crippen molar-refractivity contribution in [3.8, 4) is 5.75 Å². The summed E-state index contributed by atoms with van der Waals surface area (Å²) in [6.07, 6.45) is 2.30. The minimum atomic E-state index is 0. The van der Waals surface area contributed by atoms with Crippen LogP contribution < -0.4 is 21.7 Å². The van der Waals surface area contributed by atoms with Crippen LogP contribution in [0.3, 0.4) is 0 Å². The van der Waals surface area contributed by atoms with Crippen molar-refractivity contribution in [1.82, 2.24) is 0 Å². The summed E-state index contributed by atoms with van der Waals surface area (Å²) >= 11 is 0. The average Bonchev–Trinajstić information content (AvgIpc) is 2.07. The Bertz CT molecular complexity index is 191. The monoisotopic (exact) mass is 252 g/mol. The van der Waals surface area contributed by atoms with Gasteiger partial charge in [-0.05, 0) is 6.42 Å². The van der Waals surface area contributed by atoms with Crippen molar-refractivity contribution in [2.45, 2.75) is 19.8 Å². The van der Waals surface area contributed by atoms with Crippen molar-refractivity contribution in [2.75, 3.05) is 6.61 Å². The Hall–Kier alpha value is 0.266. The number of ether oxygens (including phenoxy) is 1. The fraction of sp³-hybridized carbons (Fsp3) is 0.400. The SMILES string of the molecule is CCCCOc1c[c-]ccc1.[Br-].[Mg+2]. The van der Waals surface area contributed by atoms with Crippen LogP contribution in [-0.2, 0) is 0 Å². The van der Waals surface area contributed by atoms with Crippen LogP contribution in [0.4, 0.5) is 0 Å². The van der Waals surface area contributed by atoms with Crippen molar-refractivity contribution >= 4 is 23.1 Å². The molecule has 1 rings (SSSR count). The summed E-state index contributed by atoms with van der Waals surface area (Å²) in [5.41, 5.74) is 0. The van der Waals surface area contributed by atoms with E-state index < -0.39 is 0 Å². The van der Waals surface area contributed by atoms with Gasteiger partial charge in [-0.3, -0.25) is 0 Å². The molecule has 0 unspecified atom stereocenters. The summed E-state index contributed by atoms with van der Waals surface area (Å²) in [6, 6.07) is 10.6. The van der Waals surface area contributed by atoms with E-state index in [1.165, 1.54) is 6.42 Å². The number of hydrogen-bond acceptors (Lipinski definition) is 1. The van der Waals surface area contributed by atoms with E-state index in [4.69, 9.17) is 4.74 Å². The predicted octanol–water partition coefficient (Wildman–Crippen LogP) is -0.711. The fourth-order valence-electron chi connectivity index (χ4n) is 0.801. The van der Waals surface area contributed by atoms with Crippen molar-refractivity contribution < 1.29 is 21.7 Å². The maximum Gasteiger partial charge on any atom is 2.00 e.